The predicted octanol–water partition coefficient (Wildman–Crippen LogP) is 1.97. The standard InChI is InChI=1S/C15H21ClN2O3S/c1-17(2)15(19)13-4-3-9-18(10-13)22(20,21)11-12-5-7-14(16)8-6-12/h5-8,13H,3-4,9-11H2,1-2H3/t13-/m0/s1. The normalized spacial score (nSPS) is 19.9. The molecule has 1 saturated heterocycles. The van der Waals surface area contributed by atoms with Crippen LogP contribution in [0.25, 0.3) is 0 Å². The molecule has 1 atom stereocenters. The van der Waals surface area contributed by atoms with Gasteiger partial charge in [0, 0.05) is 32.2 Å². The fourth-order valence-electron chi connectivity index (χ4n) is 2.64. The minimum absolute atomic E-state index is 0.00797. The van der Waals surface area contributed by atoms with Crippen LogP contribution in [0.15, 0.2) is 24.3 Å². The monoisotopic (exact) mass is 344 g/mol. The molecule has 0 N–H and O–H groups in total. The molecule has 7 heteroatoms. The fraction of sp³-hybridized carbons (Fsp3) is 0.533. The molecule has 1 fully saturated rings. The van der Waals surface area contributed by atoms with Crippen molar-refractivity contribution in [3.8, 4) is 0 Å². The van der Waals surface area contributed by atoms with Gasteiger partial charge in [-0.25, -0.2) is 12.7 Å². The second-order valence-electron chi connectivity index (χ2n) is 5.81. The molecule has 0 spiro atoms. The minimum atomic E-state index is -3.42. The van der Waals surface area contributed by atoms with Crippen molar-refractivity contribution in [1.29, 1.82) is 0 Å². The molecule has 1 aromatic rings. The molecular weight excluding hydrogens is 324 g/mol. The third-order valence-corrected chi connectivity index (χ3v) is 5.90. The number of carbonyl (C=O) groups is 1. The van der Waals surface area contributed by atoms with Crippen LogP contribution >= 0.6 is 11.6 Å². The number of hydrogen-bond acceptors (Lipinski definition) is 3. The molecule has 0 radical (unpaired) electrons. The number of carbonyl (C=O) groups excluding carboxylic acids is 1. The Morgan fingerprint density at radius 3 is 2.55 bits per heavy atom. The summed E-state index contributed by atoms with van der Waals surface area (Å²) in [5, 5.41) is 0.579. The molecule has 1 heterocycles. The Labute approximate surface area is 136 Å². The molecule has 122 valence electrons. The SMILES string of the molecule is CN(C)C(=O)[C@H]1CCCN(S(=O)(=O)Cc2ccc(Cl)cc2)C1. The van der Waals surface area contributed by atoms with E-state index in [0.29, 0.717) is 23.6 Å². The first-order valence-electron chi connectivity index (χ1n) is 7.23. The summed E-state index contributed by atoms with van der Waals surface area (Å²) in [5.41, 5.74) is 0.699. The van der Waals surface area contributed by atoms with Gasteiger partial charge in [-0.3, -0.25) is 4.79 Å². The van der Waals surface area contributed by atoms with E-state index in [1.165, 1.54) is 9.21 Å². The molecule has 22 heavy (non-hydrogen) atoms. The van der Waals surface area contributed by atoms with Crippen molar-refractivity contribution >= 4 is 27.5 Å². The molecule has 2 rings (SSSR count). The number of rotatable bonds is 4. The van der Waals surface area contributed by atoms with Crippen molar-refractivity contribution in [3.05, 3.63) is 34.9 Å². The number of amides is 1. The van der Waals surface area contributed by atoms with Crippen LogP contribution in [0.4, 0.5) is 0 Å². The average Bonchev–Trinajstić information content (AvgIpc) is 2.48. The summed E-state index contributed by atoms with van der Waals surface area (Å²) in [5.74, 6) is -0.317. The van der Waals surface area contributed by atoms with Crippen LogP contribution in [0.3, 0.4) is 0 Å². The van der Waals surface area contributed by atoms with Gasteiger partial charge in [-0.1, -0.05) is 23.7 Å². The van der Waals surface area contributed by atoms with Gasteiger partial charge >= 0.3 is 0 Å². The van der Waals surface area contributed by atoms with Crippen LogP contribution in [0.1, 0.15) is 18.4 Å². The van der Waals surface area contributed by atoms with Crippen molar-refractivity contribution in [2.75, 3.05) is 27.2 Å². The summed E-state index contributed by atoms with van der Waals surface area (Å²) in [7, 11) is -0.0261. The molecule has 0 aliphatic carbocycles. The maximum atomic E-state index is 12.5. The molecule has 1 amide bonds. The highest BCUT2D eigenvalue weighted by Gasteiger charge is 2.32. The van der Waals surface area contributed by atoms with Crippen molar-refractivity contribution in [2.24, 2.45) is 5.92 Å². The Morgan fingerprint density at radius 1 is 1.32 bits per heavy atom. The van der Waals surface area contributed by atoms with E-state index in [1.807, 2.05) is 0 Å². The number of benzene rings is 1. The zero-order chi connectivity index (χ0) is 16.3. The summed E-state index contributed by atoms with van der Waals surface area (Å²) in [4.78, 5) is 13.6. The maximum Gasteiger partial charge on any atom is 0.226 e. The smallest absolute Gasteiger partial charge is 0.226 e. The van der Waals surface area contributed by atoms with Crippen LogP contribution in [-0.2, 0) is 20.6 Å². The summed E-state index contributed by atoms with van der Waals surface area (Å²) in [6, 6.07) is 6.79. The second-order valence-corrected chi connectivity index (χ2v) is 8.22. The van der Waals surface area contributed by atoms with Crippen LogP contribution in [0.5, 0.6) is 0 Å². The van der Waals surface area contributed by atoms with E-state index >= 15 is 0 Å². The van der Waals surface area contributed by atoms with Gasteiger partial charge in [0.2, 0.25) is 15.9 Å². The van der Waals surface area contributed by atoms with Gasteiger partial charge in [0.25, 0.3) is 0 Å². The van der Waals surface area contributed by atoms with Gasteiger partial charge in [-0.05, 0) is 30.5 Å². The summed E-state index contributed by atoms with van der Waals surface area (Å²) < 4.78 is 26.5. The molecule has 0 saturated carbocycles. The van der Waals surface area contributed by atoms with Gasteiger partial charge in [0.1, 0.15) is 0 Å². The van der Waals surface area contributed by atoms with E-state index in [4.69, 9.17) is 11.6 Å². The highest BCUT2D eigenvalue weighted by Crippen LogP contribution is 2.23. The summed E-state index contributed by atoms with van der Waals surface area (Å²) in [6.45, 7) is 0.750. The highest BCUT2D eigenvalue weighted by atomic mass is 35.5. The molecule has 1 aromatic carbocycles. The molecular formula is C15H21ClN2O3S. The Hall–Kier alpha value is -1.11. The predicted molar refractivity (Wildman–Crippen MR) is 87.1 cm³/mol. The molecule has 0 unspecified atom stereocenters. The van der Waals surface area contributed by atoms with Crippen LogP contribution in [0, 0.1) is 5.92 Å². The molecule has 1 aliphatic heterocycles. The van der Waals surface area contributed by atoms with E-state index in [-0.39, 0.29) is 24.1 Å². The van der Waals surface area contributed by atoms with Crippen molar-refractivity contribution in [1.82, 2.24) is 9.21 Å². The zero-order valence-electron chi connectivity index (χ0n) is 12.8. The average molecular weight is 345 g/mol. The second kappa shape index (κ2) is 6.98. The van der Waals surface area contributed by atoms with E-state index in [1.54, 1.807) is 38.4 Å². The minimum Gasteiger partial charge on any atom is -0.349 e. The molecule has 5 nitrogen and oxygen atoms in total. The lowest BCUT2D eigenvalue weighted by atomic mass is 9.98. The quantitative estimate of drug-likeness (QED) is 0.839. The van der Waals surface area contributed by atoms with E-state index < -0.39 is 10.0 Å². The summed E-state index contributed by atoms with van der Waals surface area (Å²) >= 11 is 5.81. The number of hydrogen-bond donors (Lipinski definition) is 0. The first-order chi connectivity index (χ1) is 10.3. The first kappa shape index (κ1) is 17.2. The van der Waals surface area contributed by atoms with E-state index in [2.05, 4.69) is 0 Å². The lowest BCUT2D eigenvalue weighted by molar-refractivity contribution is -0.134. The van der Waals surface area contributed by atoms with Gasteiger partial charge in [0.15, 0.2) is 0 Å². The largest absolute Gasteiger partial charge is 0.349 e. The number of piperidine rings is 1. The Kier molecular flexibility index (Phi) is 5.47. The first-order valence-corrected chi connectivity index (χ1v) is 9.22. The Balaban J connectivity index is 2.08. The third-order valence-electron chi connectivity index (χ3n) is 3.83. The number of sulfonamides is 1. The van der Waals surface area contributed by atoms with Gasteiger partial charge in [0.05, 0.1) is 11.7 Å². The van der Waals surface area contributed by atoms with Gasteiger partial charge in [-0.15, -0.1) is 0 Å². The van der Waals surface area contributed by atoms with Crippen molar-refractivity contribution < 1.29 is 13.2 Å². The van der Waals surface area contributed by atoms with Crippen LogP contribution < -0.4 is 0 Å². The zero-order valence-corrected chi connectivity index (χ0v) is 14.4. The topological polar surface area (TPSA) is 57.7 Å². The van der Waals surface area contributed by atoms with Gasteiger partial charge in [-0.2, -0.15) is 0 Å². The highest BCUT2D eigenvalue weighted by molar-refractivity contribution is 7.88. The van der Waals surface area contributed by atoms with Crippen molar-refractivity contribution in [2.45, 2.75) is 18.6 Å². The van der Waals surface area contributed by atoms with Crippen molar-refractivity contribution in [3.63, 3.8) is 0 Å². The molecule has 1 aliphatic rings. The lowest BCUT2D eigenvalue weighted by Gasteiger charge is -2.32. The molecule has 0 bridgehead atoms. The van der Waals surface area contributed by atoms with E-state index in [9.17, 15) is 13.2 Å². The Morgan fingerprint density at radius 2 is 1.95 bits per heavy atom. The van der Waals surface area contributed by atoms with Crippen LogP contribution in [-0.4, -0.2) is 50.7 Å². The van der Waals surface area contributed by atoms with Gasteiger partial charge < -0.3 is 4.90 Å². The number of nitrogens with zero attached hydrogens (tertiary/aromatic N) is 2. The third kappa shape index (κ3) is 4.21. The van der Waals surface area contributed by atoms with E-state index in [0.717, 1.165) is 6.42 Å². The maximum absolute atomic E-state index is 12.5. The number of halogens is 1. The van der Waals surface area contributed by atoms with Crippen LogP contribution in [0.2, 0.25) is 5.02 Å². The lowest BCUT2D eigenvalue weighted by Crippen LogP contribution is -2.45. The fourth-order valence-corrected chi connectivity index (χ4v) is 4.38. The summed E-state index contributed by atoms with van der Waals surface area (Å²) in [6.07, 6.45) is 1.45. The Bertz CT molecular complexity index is 629. The molecule has 0 aromatic heterocycles.